The Morgan fingerprint density at radius 2 is 1.79 bits per heavy atom. The molecule has 2 aromatic carbocycles. The van der Waals surface area contributed by atoms with E-state index in [9.17, 15) is 13.2 Å². The molecular weight excluding hydrogens is 396 g/mol. The summed E-state index contributed by atoms with van der Waals surface area (Å²) in [6.45, 7) is -0.158. The van der Waals surface area contributed by atoms with Crippen LogP contribution in [-0.4, -0.2) is 33.2 Å². The fraction of sp³-hybridized carbons (Fsp3) is 0.350. The van der Waals surface area contributed by atoms with Crippen molar-refractivity contribution in [1.82, 2.24) is 4.72 Å². The van der Waals surface area contributed by atoms with Gasteiger partial charge in [0.2, 0.25) is 10.0 Å². The number of carbonyl (C=O) groups is 1. The smallest absolute Gasteiger partial charge is 0.262 e. The normalized spacial score (nSPS) is 14.8. The Bertz CT molecular complexity index is 908. The number of thioether (sulfide) groups is 1. The molecule has 0 radical (unpaired) electrons. The molecule has 1 saturated carbocycles. The minimum Gasteiger partial charge on any atom is -0.484 e. The number of nitrogens with one attached hydrogen (secondary N) is 2. The highest BCUT2D eigenvalue weighted by Gasteiger charge is 2.22. The van der Waals surface area contributed by atoms with Crippen molar-refractivity contribution in [2.24, 2.45) is 0 Å². The molecule has 0 saturated heterocycles. The van der Waals surface area contributed by atoms with E-state index in [1.54, 1.807) is 23.9 Å². The van der Waals surface area contributed by atoms with Crippen molar-refractivity contribution in [2.45, 2.75) is 41.5 Å². The summed E-state index contributed by atoms with van der Waals surface area (Å²) >= 11 is 1.55. The molecule has 28 heavy (non-hydrogen) atoms. The molecule has 2 N–H and O–H groups in total. The molecule has 0 aliphatic heterocycles. The number of hydrogen-bond acceptors (Lipinski definition) is 5. The van der Waals surface area contributed by atoms with Gasteiger partial charge in [-0.1, -0.05) is 25.0 Å². The molecule has 1 aliphatic carbocycles. The van der Waals surface area contributed by atoms with Crippen LogP contribution in [0.1, 0.15) is 25.7 Å². The molecule has 1 fully saturated rings. The Kier molecular flexibility index (Phi) is 6.98. The van der Waals surface area contributed by atoms with E-state index in [1.807, 2.05) is 30.5 Å². The standard InChI is InChI=1S/C20H24N2O4S2/c1-27-19-9-5-4-8-18(19)21-20(23)14-26-16-10-12-17(13-11-16)28(24,25)22-15-6-2-3-7-15/h4-5,8-13,15,22H,2-3,6-7,14H2,1H3,(H,21,23). The zero-order valence-corrected chi connectivity index (χ0v) is 17.3. The van der Waals surface area contributed by atoms with Crippen molar-refractivity contribution < 1.29 is 17.9 Å². The number of amides is 1. The lowest BCUT2D eigenvalue weighted by atomic mass is 10.3. The van der Waals surface area contributed by atoms with Crippen molar-refractivity contribution in [3.8, 4) is 5.75 Å². The highest BCUT2D eigenvalue weighted by molar-refractivity contribution is 7.98. The first-order valence-electron chi connectivity index (χ1n) is 9.16. The summed E-state index contributed by atoms with van der Waals surface area (Å²) in [6.07, 6.45) is 5.83. The van der Waals surface area contributed by atoms with Gasteiger partial charge in [0.1, 0.15) is 5.75 Å². The molecule has 8 heteroatoms. The van der Waals surface area contributed by atoms with Gasteiger partial charge in [-0.2, -0.15) is 0 Å². The second-order valence-corrected chi connectivity index (χ2v) is 9.17. The molecule has 0 unspecified atom stereocenters. The predicted octanol–water partition coefficient (Wildman–Crippen LogP) is 3.65. The van der Waals surface area contributed by atoms with Gasteiger partial charge in [0.05, 0.1) is 10.6 Å². The van der Waals surface area contributed by atoms with Crippen LogP contribution in [0.3, 0.4) is 0 Å². The van der Waals surface area contributed by atoms with Crippen LogP contribution in [0.15, 0.2) is 58.3 Å². The maximum atomic E-state index is 12.4. The Labute approximate surface area is 170 Å². The number of para-hydroxylation sites is 1. The minimum atomic E-state index is -3.53. The van der Waals surface area contributed by atoms with E-state index >= 15 is 0 Å². The number of benzene rings is 2. The van der Waals surface area contributed by atoms with Crippen LogP contribution < -0.4 is 14.8 Å². The van der Waals surface area contributed by atoms with Gasteiger partial charge in [0.25, 0.3) is 5.91 Å². The molecule has 150 valence electrons. The lowest BCUT2D eigenvalue weighted by molar-refractivity contribution is -0.118. The van der Waals surface area contributed by atoms with Gasteiger partial charge in [-0.15, -0.1) is 11.8 Å². The number of ether oxygens (including phenoxy) is 1. The maximum absolute atomic E-state index is 12.4. The summed E-state index contributed by atoms with van der Waals surface area (Å²) in [5.74, 6) is 0.161. The number of sulfonamides is 1. The molecule has 2 aromatic rings. The molecule has 1 amide bonds. The van der Waals surface area contributed by atoms with E-state index in [2.05, 4.69) is 10.0 Å². The summed E-state index contributed by atoms with van der Waals surface area (Å²) in [5, 5.41) is 2.82. The summed E-state index contributed by atoms with van der Waals surface area (Å²) in [5.41, 5.74) is 0.739. The van der Waals surface area contributed by atoms with Crippen LogP contribution in [0.5, 0.6) is 5.75 Å². The van der Waals surface area contributed by atoms with Gasteiger partial charge in [-0.25, -0.2) is 13.1 Å². The fourth-order valence-electron chi connectivity index (χ4n) is 3.13. The SMILES string of the molecule is CSc1ccccc1NC(=O)COc1ccc(S(=O)(=O)NC2CCCC2)cc1. The zero-order valence-electron chi connectivity index (χ0n) is 15.7. The average Bonchev–Trinajstić information content (AvgIpc) is 3.19. The first kappa shape index (κ1) is 20.7. The molecule has 3 rings (SSSR count). The monoisotopic (exact) mass is 420 g/mol. The van der Waals surface area contributed by atoms with E-state index < -0.39 is 10.0 Å². The van der Waals surface area contributed by atoms with Crippen LogP contribution in [0.4, 0.5) is 5.69 Å². The summed E-state index contributed by atoms with van der Waals surface area (Å²) in [4.78, 5) is 13.3. The Balaban J connectivity index is 1.54. The van der Waals surface area contributed by atoms with E-state index in [0.717, 1.165) is 36.3 Å². The third kappa shape index (κ3) is 5.50. The second kappa shape index (κ2) is 9.45. The van der Waals surface area contributed by atoms with Crippen LogP contribution in [-0.2, 0) is 14.8 Å². The van der Waals surface area contributed by atoms with Crippen molar-refractivity contribution in [2.75, 3.05) is 18.2 Å². The molecule has 0 aromatic heterocycles. The van der Waals surface area contributed by atoms with Crippen LogP contribution in [0.2, 0.25) is 0 Å². The third-order valence-electron chi connectivity index (χ3n) is 4.56. The van der Waals surface area contributed by atoms with Gasteiger partial charge in [-0.05, 0) is 55.5 Å². The molecule has 6 nitrogen and oxygen atoms in total. The first-order valence-corrected chi connectivity index (χ1v) is 11.9. The zero-order chi connectivity index (χ0) is 20.0. The molecule has 0 spiro atoms. The van der Waals surface area contributed by atoms with Crippen molar-refractivity contribution >= 4 is 33.4 Å². The fourth-order valence-corrected chi connectivity index (χ4v) is 4.99. The third-order valence-corrected chi connectivity index (χ3v) is 6.89. The van der Waals surface area contributed by atoms with Gasteiger partial charge >= 0.3 is 0 Å². The highest BCUT2D eigenvalue weighted by Crippen LogP contribution is 2.25. The Hall–Kier alpha value is -2.03. The van der Waals surface area contributed by atoms with Crippen molar-refractivity contribution in [3.05, 3.63) is 48.5 Å². The number of carbonyl (C=O) groups excluding carboxylic acids is 1. The van der Waals surface area contributed by atoms with Crippen LogP contribution in [0, 0.1) is 0 Å². The lowest BCUT2D eigenvalue weighted by Crippen LogP contribution is -2.32. The highest BCUT2D eigenvalue weighted by atomic mass is 32.2. The van der Waals surface area contributed by atoms with E-state index in [4.69, 9.17) is 4.74 Å². The van der Waals surface area contributed by atoms with Crippen LogP contribution in [0.25, 0.3) is 0 Å². The van der Waals surface area contributed by atoms with Crippen LogP contribution >= 0.6 is 11.8 Å². The minimum absolute atomic E-state index is 0.0220. The second-order valence-electron chi connectivity index (χ2n) is 6.61. The maximum Gasteiger partial charge on any atom is 0.262 e. The molecule has 1 aliphatic rings. The molecule has 0 heterocycles. The topological polar surface area (TPSA) is 84.5 Å². The van der Waals surface area contributed by atoms with E-state index in [1.165, 1.54) is 12.1 Å². The molecule has 0 bridgehead atoms. The van der Waals surface area contributed by atoms with Gasteiger partial charge < -0.3 is 10.1 Å². The van der Waals surface area contributed by atoms with Crippen molar-refractivity contribution in [1.29, 1.82) is 0 Å². The van der Waals surface area contributed by atoms with Crippen molar-refractivity contribution in [3.63, 3.8) is 0 Å². The number of rotatable bonds is 8. The average molecular weight is 421 g/mol. The van der Waals surface area contributed by atoms with Gasteiger partial charge in [-0.3, -0.25) is 4.79 Å². The largest absolute Gasteiger partial charge is 0.484 e. The van der Waals surface area contributed by atoms with Gasteiger partial charge in [0.15, 0.2) is 6.61 Å². The van der Waals surface area contributed by atoms with E-state index in [-0.39, 0.29) is 23.5 Å². The predicted molar refractivity (Wildman–Crippen MR) is 111 cm³/mol. The number of anilines is 1. The quantitative estimate of drug-likeness (QED) is 0.637. The lowest BCUT2D eigenvalue weighted by Gasteiger charge is -2.13. The molecular formula is C20H24N2O4S2. The first-order chi connectivity index (χ1) is 13.5. The van der Waals surface area contributed by atoms with Gasteiger partial charge in [0, 0.05) is 10.9 Å². The summed E-state index contributed by atoms with van der Waals surface area (Å²) < 4.78 is 33.0. The molecule has 0 atom stereocenters. The summed E-state index contributed by atoms with van der Waals surface area (Å²) in [7, 11) is -3.53. The van der Waals surface area contributed by atoms with E-state index in [0.29, 0.717) is 5.75 Å². The number of hydrogen-bond donors (Lipinski definition) is 2. The Morgan fingerprint density at radius 1 is 1.11 bits per heavy atom. The summed E-state index contributed by atoms with van der Waals surface area (Å²) in [6, 6.07) is 13.7. The Morgan fingerprint density at radius 3 is 2.46 bits per heavy atom.